The van der Waals surface area contributed by atoms with E-state index in [2.05, 4.69) is 15.2 Å². The minimum absolute atomic E-state index is 0.252. The van der Waals surface area contributed by atoms with E-state index in [0.29, 0.717) is 18.9 Å². The van der Waals surface area contributed by atoms with Crippen LogP contribution in [0, 0.1) is 0 Å². The van der Waals surface area contributed by atoms with Gasteiger partial charge < -0.3 is 5.11 Å². The molecule has 1 aliphatic heterocycles. The Morgan fingerprint density at radius 1 is 1.45 bits per heavy atom. The second-order valence-electron chi connectivity index (χ2n) is 5.96. The monoisotopic (exact) mass is 300 g/mol. The van der Waals surface area contributed by atoms with Gasteiger partial charge in [-0.2, -0.15) is 5.10 Å². The molecule has 22 heavy (non-hydrogen) atoms. The molecule has 1 atom stereocenters. The molecule has 6 nitrogen and oxygen atoms in total. The van der Waals surface area contributed by atoms with Crippen LogP contribution >= 0.6 is 0 Å². The van der Waals surface area contributed by atoms with Gasteiger partial charge in [-0.1, -0.05) is 38.1 Å². The third-order valence-electron chi connectivity index (χ3n) is 4.04. The number of hydrogen-bond donors (Lipinski definition) is 2. The van der Waals surface area contributed by atoms with E-state index in [1.165, 1.54) is 0 Å². The quantitative estimate of drug-likeness (QED) is 0.903. The summed E-state index contributed by atoms with van der Waals surface area (Å²) in [5.74, 6) is 0.909. The summed E-state index contributed by atoms with van der Waals surface area (Å²) in [6.07, 6.45) is 0.852. The van der Waals surface area contributed by atoms with Crippen molar-refractivity contribution < 1.29 is 9.90 Å². The van der Waals surface area contributed by atoms with Crippen LogP contribution in [0.4, 0.5) is 0 Å². The van der Waals surface area contributed by atoms with E-state index in [1.54, 1.807) is 0 Å². The molecule has 2 heterocycles. The lowest BCUT2D eigenvalue weighted by atomic mass is 9.92. The van der Waals surface area contributed by atoms with Crippen LogP contribution in [0.25, 0.3) is 0 Å². The summed E-state index contributed by atoms with van der Waals surface area (Å²) in [5.41, 5.74) is 2.00. The first-order valence-corrected chi connectivity index (χ1v) is 7.52. The van der Waals surface area contributed by atoms with Crippen molar-refractivity contribution in [2.75, 3.05) is 6.54 Å². The van der Waals surface area contributed by atoms with E-state index in [0.717, 1.165) is 23.4 Å². The number of hydrogen-bond acceptors (Lipinski definition) is 4. The number of aliphatic carboxylic acids is 1. The zero-order valence-electron chi connectivity index (χ0n) is 12.8. The zero-order chi connectivity index (χ0) is 15.7. The topological polar surface area (TPSA) is 82.1 Å². The van der Waals surface area contributed by atoms with Gasteiger partial charge in [-0.05, 0) is 17.5 Å². The molecule has 1 aromatic carbocycles. The molecular formula is C16H20N4O2. The molecule has 1 aromatic heterocycles. The maximum absolute atomic E-state index is 11.7. The Kier molecular flexibility index (Phi) is 3.94. The molecule has 1 aliphatic rings. The van der Waals surface area contributed by atoms with Crippen LogP contribution in [0.1, 0.15) is 48.6 Å². The number of H-pyrrole nitrogens is 1. The molecule has 3 rings (SSSR count). The number of aromatic nitrogens is 3. The van der Waals surface area contributed by atoms with Crippen LogP contribution in [-0.2, 0) is 17.8 Å². The molecule has 1 unspecified atom stereocenters. The van der Waals surface area contributed by atoms with E-state index in [9.17, 15) is 9.90 Å². The number of carboxylic acids is 1. The van der Waals surface area contributed by atoms with E-state index >= 15 is 0 Å². The van der Waals surface area contributed by atoms with Crippen molar-refractivity contribution in [3.8, 4) is 0 Å². The Hall–Kier alpha value is -2.21. The summed E-state index contributed by atoms with van der Waals surface area (Å²) in [5, 5.41) is 16.7. The van der Waals surface area contributed by atoms with Gasteiger partial charge in [-0.25, -0.2) is 4.98 Å². The lowest BCUT2D eigenvalue weighted by Crippen LogP contribution is -2.39. The molecule has 0 spiro atoms. The maximum atomic E-state index is 11.7. The minimum Gasteiger partial charge on any atom is -0.480 e. The van der Waals surface area contributed by atoms with Gasteiger partial charge in [0.05, 0.1) is 6.54 Å². The second kappa shape index (κ2) is 5.88. The van der Waals surface area contributed by atoms with Crippen LogP contribution in [0.15, 0.2) is 24.3 Å². The lowest BCUT2D eigenvalue weighted by Gasteiger charge is -2.33. The molecule has 0 fully saturated rings. The Morgan fingerprint density at radius 3 is 2.91 bits per heavy atom. The smallest absolute Gasteiger partial charge is 0.325 e. The van der Waals surface area contributed by atoms with Gasteiger partial charge in [0.25, 0.3) is 0 Å². The van der Waals surface area contributed by atoms with Crippen molar-refractivity contribution in [3.05, 3.63) is 47.0 Å². The number of carboxylic acid groups (broad SMARTS) is 1. The summed E-state index contributed by atoms with van der Waals surface area (Å²) in [7, 11) is 0. The standard InChI is InChI=1S/C16H20N4O2/c1-10(2)15-17-13(18-19-15)9-20-8-7-11-5-3-4-6-12(11)14(20)16(21)22/h3-6,10,14H,7-9H2,1-2H3,(H,21,22)(H,17,18,19). The van der Waals surface area contributed by atoms with E-state index < -0.39 is 12.0 Å². The molecular weight excluding hydrogens is 280 g/mol. The molecule has 2 N–H and O–H groups in total. The van der Waals surface area contributed by atoms with Gasteiger partial charge in [-0.3, -0.25) is 14.8 Å². The number of aromatic amines is 1. The van der Waals surface area contributed by atoms with Crippen LogP contribution < -0.4 is 0 Å². The Bertz CT molecular complexity index is 680. The molecule has 0 bridgehead atoms. The first kappa shape index (κ1) is 14.7. The number of rotatable bonds is 4. The van der Waals surface area contributed by atoms with Crippen molar-refractivity contribution in [1.29, 1.82) is 0 Å². The number of fused-ring (bicyclic) bond motifs is 1. The minimum atomic E-state index is -0.823. The maximum Gasteiger partial charge on any atom is 0.325 e. The summed E-state index contributed by atoms with van der Waals surface area (Å²) in [6.45, 7) is 5.23. The fourth-order valence-corrected chi connectivity index (χ4v) is 2.91. The SMILES string of the molecule is CC(C)c1n[nH]c(CN2CCc3ccccc3C2C(=O)O)n1. The molecule has 116 valence electrons. The molecule has 0 saturated carbocycles. The molecule has 6 heteroatoms. The van der Waals surface area contributed by atoms with Crippen LogP contribution in [0.5, 0.6) is 0 Å². The highest BCUT2D eigenvalue weighted by Gasteiger charge is 2.33. The zero-order valence-corrected chi connectivity index (χ0v) is 12.8. The van der Waals surface area contributed by atoms with Crippen LogP contribution in [-0.4, -0.2) is 37.7 Å². The third-order valence-corrected chi connectivity index (χ3v) is 4.04. The average molecular weight is 300 g/mol. The Balaban J connectivity index is 1.85. The normalized spacial score (nSPS) is 18.4. The molecule has 0 saturated heterocycles. The molecule has 0 aliphatic carbocycles. The van der Waals surface area contributed by atoms with E-state index in [4.69, 9.17) is 0 Å². The van der Waals surface area contributed by atoms with Crippen LogP contribution in [0.3, 0.4) is 0 Å². The third kappa shape index (κ3) is 2.74. The van der Waals surface area contributed by atoms with Crippen LogP contribution in [0.2, 0.25) is 0 Å². The van der Waals surface area contributed by atoms with Crippen molar-refractivity contribution in [2.24, 2.45) is 0 Å². The number of nitrogens with zero attached hydrogens (tertiary/aromatic N) is 3. The average Bonchev–Trinajstić information content (AvgIpc) is 2.95. The molecule has 0 amide bonds. The van der Waals surface area contributed by atoms with Gasteiger partial charge >= 0.3 is 5.97 Å². The fraction of sp³-hybridized carbons (Fsp3) is 0.438. The Morgan fingerprint density at radius 2 is 2.23 bits per heavy atom. The lowest BCUT2D eigenvalue weighted by molar-refractivity contribution is -0.144. The van der Waals surface area contributed by atoms with Crippen molar-refractivity contribution in [3.63, 3.8) is 0 Å². The fourth-order valence-electron chi connectivity index (χ4n) is 2.91. The summed E-state index contributed by atoms with van der Waals surface area (Å²) in [6, 6.07) is 7.13. The second-order valence-corrected chi connectivity index (χ2v) is 5.96. The summed E-state index contributed by atoms with van der Waals surface area (Å²) < 4.78 is 0. The summed E-state index contributed by atoms with van der Waals surface area (Å²) >= 11 is 0. The van der Waals surface area contributed by atoms with Crippen molar-refractivity contribution >= 4 is 5.97 Å². The largest absolute Gasteiger partial charge is 0.480 e. The van der Waals surface area contributed by atoms with Crippen molar-refractivity contribution in [1.82, 2.24) is 20.1 Å². The molecule has 0 radical (unpaired) electrons. The molecule has 2 aromatic rings. The predicted molar refractivity (Wildman–Crippen MR) is 81.4 cm³/mol. The first-order chi connectivity index (χ1) is 10.6. The number of carbonyl (C=O) groups is 1. The van der Waals surface area contributed by atoms with E-state index in [-0.39, 0.29) is 5.92 Å². The van der Waals surface area contributed by atoms with Gasteiger partial charge in [0.1, 0.15) is 11.9 Å². The van der Waals surface area contributed by atoms with Gasteiger partial charge in [0, 0.05) is 12.5 Å². The first-order valence-electron chi connectivity index (χ1n) is 7.52. The number of benzene rings is 1. The predicted octanol–water partition coefficient (Wildman–Crippen LogP) is 2.11. The van der Waals surface area contributed by atoms with Gasteiger partial charge in [0.15, 0.2) is 5.82 Å². The highest BCUT2D eigenvalue weighted by Crippen LogP contribution is 2.30. The summed E-state index contributed by atoms with van der Waals surface area (Å²) in [4.78, 5) is 18.1. The highest BCUT2D eigenvalue weighted by atomic mass is 16.4. The van der Waals surface area contributed by atoms with E-state index in [1.807, 2.05) is 43.0 Å². The van der Waals surface area contributed by atoms with Crippen molar-refractivity contribution in [2.45, 2.75) is 38.8 Å². The van der Waals surface area contributed by atoms with Gasteiger partial charge in [0.2, 0.25) is 0 Å². The number of nitrogens with one attached hydrogen (secondary N) is 1. The Labute approximate surface area is 129 Å². The highest BCUT2D eigenvalue weighted by molar-refractivity contribution is 5.76. The van der Waals surface area contributed by atoms with Gasteiger partial charge in [-0.15, -0.1) is 0 Å².